The second-order valence-electron chi connectivity index (χ2n) is 7.63. The van der Waals surface area contributed by atoms with Crippen molar-refractivity contribution in [1.29, 1.82) is 0 Å². The van der Waals surface area contributed by atoms with Crippen LogP contribution >= 0.6 is 0 Å². The molecule has 3 nitrogen and oxygen atoms in total. The molecule has 1 fully saturated rings. The van der Waals surface area contributed by atoms with Crippen LogP contribution in [0.25, 0.3) is 0 Å². The van der Waals surface area contributed by atoms with E-state index >= 15 is 0 Å². The number of carbonyl (C=O) groups is 1. The number of nitrogens with zero attached hydrogens (tertiary/aromatic N) is 2. The van der Waals surface area contributed by atoms with Gasteiger partial charge in [-0.25, -0.2) is 0 Å². The average Bonchev–Trinajstić information content (AvgIpc) is 2.74. The Morgan fingerprint density at radius 1 is 1.11 bits per heavy atom. The van der Waals surface area contributed by atoms with Gasteiger partial charge in [-0.15, -0.1) is 0 Å². The summed E-state index contributed by atoms with van der Waals surface area (Å²) in [5.41, 5.74) is 2.43. The van der Waals surface area contributed by atoms with Crippen LogP contribution in [0, 0.1) is 5.92 Å². The summed E-state index contributed by atoms with van der Waals surface area (Å²) in [4.78, 5) is 17.3. The summed E-state index contributed by atoms with van der Waals surface area (Å²) in [7, 11) is 0. The molecule has 144 valence electrons. The summed E-state index contributed by atoms with van der Waals surface area (Å²) in [6, 6.07) is 21.1. The van der Waals surface area contributed by atoms with Crippen LogP contribution in [0.2, 0.25) is 0 Å². The summed E-state index contributed by atoms with van der Waals surface area (Å²) in [6.45, 7) is 7.53. The highest BCUT2D eigenvalue weighted by atomic mass is 16.2. The Hall–Kier alpha value is -2.13. The summed E-state index contributed by atoms with van der Waals surface area (Å²) in [6.07, 6.45) is 4.05. The van der Waals surface area contributed by atoms with E-state index in [-0.39, 0.29) is 11.9 Å². The molecule has 0 N–H and O–H groups in total. The first-order valence-corrected chi connectivity index (χ1v) is 10.3. The van der Waals surface area contributed by atoms with Crippen molar-refractivity contribution in [3.63, 3.8) is 0 Å². The highest BCUT2D eigenvalue weighted by Crippen LogP contribution is 2.27. The predicted molar refractivity (Wildman–Crippen MR) is 113 cm³/mol. The smallest absolute Gasteiger partial charge is 0.226 e. The molecule has 0 aromatic heterocycles. The lowest BCUT2D eigenvalue weighted by molar-refractivity contribution is -0.119. The van der Waals surface area contributed by atoms with Crippen molar-refractivity contribution < 1.29 is 4.79 Å². The number of para-hydroxylation sites is 1. The second kappa shape index (κ2) is 9.70. The van der Waals surface area contributed by atoms with Crippen molar-refractivity contribution in [2.45, 2.75) is 45.6 Å². The minimum absolute atomic E-state index is 0.218. The maximum Gasteiger partial charge on any atom is 0.226 e. The molecule has 2 atom stereocenters. The maximum atomic E-state index is 12.7. The molecule has 1 unspecified atom stereocenters. The Labute approximate surface area is 164 Å². The molecule has 1 aliphatic heterocycles. The number of rotatable bonds is 7. The third-order valence-electron chi connectivity index (χ3n) is 5.80. The molecule has 0 spiro atoms. The fraction of sp³-hybridized carbons (Fsp3) is 0.458. The number of carbonyl (C=O) groups excluding carboxylic acids is 1. The summed E-state index contributed by atoms with van der Waals surface area (Å²) in [5.74, 6) is 0.736. The molecule has 1 heterocycles. The Bertz CT molecular complexity index is 701. The molecule has 3 heteroatoms. The number of hydrogen-bond acceptors (Lipinski definition) is 2. The SMILES string of the molecule is CCC(=O)N(c1ccccc1)C(C)[C@@H]1CCCN(CCc2ccccc2)C1. The van der Waals surface area contributed by atoms with Gasteiger partial charge in [0.2, 0.25) is 5.91 Å². The second-order valence-corrected chi connectivity index (χ2v) is 7.63. The summed E-state index contributed by atoms with van der Waals surface area (Å²) >= 11 is 0. The molecule has 27 heavy (non-hydrogen) atoms. The van der Waals surface area contributed by atoms with E-state index in [4.69, 9.17) is 0 Å². The van der Waals surface area contributed by atoms with Gasteiger partial charge < -0.3 is 9.80 Å². The molecule has 1 saturated heterocycles. The van der Waals surface area contributed by atoms with E-state index in [1.54, 1.807) is 0 Å². The number of hydrogen-bond donors (Lipinski definition) is 0. The maximum absolute atomic E-state index is 12.7. The normalized spacial score (nSPS) is 18.8. The number of amides is 1. The van der Waals surface area contributed by atoms with Crippen LogP contribution in [0.15, 0.2) is 60.7 Å². The Morgan fingerprint density at radius 3 is 2.44 bits per heavy atom. The van der Waals surface area contributed by atoms with Crippen LogP contribution in [0.4, 0.5) is 5.69 Å². The Morgan fingerprint density at radius 2 is 1.78 bits per heavy atom. The highest BCUT2D eigenvalue weighted by Gasteiger charge is 2.31. The minimum atomic E-state index is 0.218. The zero-order valence-corrected chi connectivity index (χ0v) is 16.7. The molecule has 0 saturated carbocycles. The third-order valence-corrected chi connectivity index (χ3v) is 5.80. The molecular weight excluding hydrogens is 332 g/mol. The zero-order chi connectivity index (χ0) is 19.1. The zero-order valence-electron chi connectivity index (χ0n) is 16.7. The minimum Gasteiger partial charge on any atom is -0.309 e. The summed E-state index contributed by atoms with van der Waals surface area (Å²) < 4.78 is 0. The van der Waals surface area contributed by atoms with E-state index in [0.717, 1.165) is 25.2 Å². The first kappa shape index (κ1) is 19.6. The van der Waals surface area contributed by atoms with Gasteiger partial charge in [-0.1, -0.05) is 55.5 Å². The predicted octanol–water partition coefficient (Wildman–Crippen LogP) is 4.77. The van der Waals surface area contributed by atoms with Crippen LogP contribution in [-0.2, 0) is 11.2 Å². The molecule has 3 rings (SSSR count). The Kier molecular flexibility index (Phi) is 7.05. The Balaban J connectivity index is 1.65. The molecule has 1 aliphatic rings. The van der Waals surface area contributed by atoms with E-state index in [0.29, 0.717) is 12.3 Å². The van der Waals surface area contributed by atoms with Crippen molar-refractivity contribution in [3.05, 3.63) is 66.2 Å². The highest BCUT2D eigenvalue weighted by molar-refractivity contribution is 5.93. The van der Waals surface area contributed by atoms with Gasteiger partial charge in [-0.3, -0.25) is 4.79 Å². The lowest BCUT2D eigenvalue weighted by atomic mass is 9.89. The van der Waals surface area contributed by atoms with Gasteiger partial charge in [0.25, 0.3) is 0 Å². The quantitative estimate of drug-likeness (QED) is 0.706. The van der Waals surface area contributed by atoms with E-state index in [1.807, 2.05) is 30.0 Å². The lowest BCUT2D eigenvalue weighted by Crippen LogP contribution is -2.49. The van der Waals surface area contributed by atoms with Crippen LogP contribution < -0.4 is 4.90 Å². The van der Waals surface area contributed by atoms with Crippen molar-refractivity contribution in [1.82, 2.24) is 4.90 Å². The van der Waals surface area contributed by atoms with Gasteiger partial charge in [-0.2, -0.15) is 0 Å². The van der Waals surface area contributed by atoms with Gasteiger partial charge in [0.15, 0.2) is 0 Å². The van der Waals surface area contributed by atoms with E-state index in [9.17, 15) is 4.79 Å². The van der Waals surface area contributed by atoms with Crippen molar-refractivity contribution >= 4 is 11.6 Å². The van der Waals surface area contributed by atoms with Crippen molar-refractivity contribution in [2.75, 3.05) is 24.5 Å². The number of anilines is 1. The van der Waals surface area contributed by atoms with Crippen LogP contribution in [-0.4, -0.2) is 36.5 Å². The third kappa shape index (κ3) is 5.20. The number of likely N-dealkylation sites (tertiary alicyclic amines) is 1. The first-order chi connectivity index (χ1) is 13.2. The van der Waals surface area contributed by atoms with Gasteiger partial charge in [0, 0.05) is 31.2 Å². The number of piperidine rings is 1. The average molecular weight is 365 g/mol. The van der Waals surface area contributed by atoms with Gasteiger partial charge in [0.1, 0.15) is 0 Å². The summed E-state index contributed by atoms with van der Waals surface area (Å²) in [5, 5.41) is 0. The topological polar surface area (TPSA) is 23.6 Å². The molecular formula is C24H32N2O. The molecule has 2 aromatic rings. The lowest BCUT2D eigenvalue weighted by Gasteiger charge is -2.40. The van der Waals surface area contributed by atoms with Crippen molar-refractivity contribution in [3.8, 4) is 0 Å². The first-order valence-electron chi connectivity index (χ1n) is 10.3. The number of benzene rings is 2. The fourth-order valence-electron chi connectivity index (χ4n) is 4.20. The molecule has 0 radical (unpaired) electrons. The molecule has 0 bridgehead atoms. The van der Waals surface area contributed by atoms with Gasteiger partial charge in [-0.05, 0) is 56.3 Å². The monoisotopic (exact) mass is 364 g/mol. The van der Waals surface area contributed by atoms with E-state index in [2.05, 4.69) is 54.3 Å². The van der Waals surface area contributed by atoms with Crippen molar-refractivity contribution in [2.24, 2.45) is 5.92 Å². The fourth-order valence-corrected chi connectivity index (χ4v) is 4.20. The van der Waals surface area contributed by atoms with Crippen LogP contribution in [0.1, 0.15) is 38.7 Å². The largest absolute Gasteiger partial charge is 0.309 e. The van der Waals surface area contributed by atoms with Gasteiger partial charge >= 0.3 is 0 Å². The van der Waals surface area contributed by atoms with Gasteiger partial charge in [0.05, 0.1) is 0 Å². The van der Waals surface area contributed by atoms with Crippen LogP contribution in [0.3, 0.4) is 0 Å². The molecule has 2 aromatic carbocycles. The van der Waals surface area contributed by atoms with Crippen LogP contribution in [0.5, 0.6) is 0 Å². The molecule has 0 aliphatic carbocycles. The van der Waals surface area contributed by atoms with E-state index < -0.39 is 0 Å². The van der Waals surface area contributed by atoms with E-state index in [1.165, 1.54) is 24.9 Å². The standard InChI is InChI=1S/C24H32N2O/c1-3-24(27)26(23-14-8-5-9-15-23)20(2)22-13-10-17-25(19-22)18-16-21-11-6-4-7-12-21/h4-9,11-12,14-15,20,22H,3,10,13,16-19H2,1-2H3/t20?,22-/m1/s1. The molecule has 1 amide bonds.